The molecule has 3 atom stereocenters. The topological polar surface area (TPSA) is 79.3 Å². The van der Waals surface area contributed by atoms with Crippen LogP contribution in [0, 0.1) is 5.92 Å². The Kier molecular flexibility index (Phi) is 5.70. The normalized spacial score (nSPS) is 25.0. The number of carbonyl (C=O) groups is 2. The monoisotopic (exact) mass is 374 g/mol. The van der Waals surface area contributed by atoms with E-state index in [2.05, 4.69) is 11.5 Å². The lowest BCUT2D eigenvalue weighted by Crippen LogP contribution is -2.59. The van der Waals surface area contributed by atoms with Gasteiger partial charge in [-0.25, -0.2) is 4.79 Å². The van der Waals surface area contributed by atoms with Gasteiger partial charge in [-0.2, -0.15) is 0 Å². The van der Waals surface area contributed by atoms with Crippen molar-refractivity contribution in [2.45, 2.75) is 31.3 Å². The molecule has 2 aliphatic heterocycles. The van der Waals surface area contributed by atoms with Crippen molar-refractivity contribution in [3.63, 3.8) is 0 Å². The first kappa shape index (κ1) is 19.2. The number of piperidine rings is 1. The smallest absolute Gasteiger partial charge is 0.412 e. The van der Waals surface area contributed by atoms with Crippen molar-refractivity contribution in [2.24, 2.45) is 5.92 Å². The van der Waals surface area contributed by atoms with Crippen LogP contribution in [0.3, 0.4) is 0 Å². The summed E-state index contributed by atoms with van der Waals surface area (Å²) in [6.07, 6.45) is 2.86. The Labute approximate surface area is 159 Å². The van der Waals surface area contributed by atoms with Crippen molar-refractivity contribution in [3.8, 4) is 5.75 Å². The molecule has 7 nitrogen and oxygen atoms in total. The zero-order valence-electron chi connectivity index (χ0n) is 15.8. The summed E-state index contributed by atoms with van der Waals surface area (Å²) >= 11 is 0. The predicted molar refractivity (Wildman–Crippen MR) is 101 cm³/mol. The molecule has 1 aromatic rings. The van der Waals surface area contributed by atoms with Crippen molar-refractivity contribution < 1.29 is 24.2 Å². The summed E-state index contributed by atoms with van der Waals surface area (Å²) in [6.45, 7) is 5.22. The van der Waals surface area contributed by atoms with Gasteiger partial charge in [0.25, 0.3) is 0 Å². The van der Waals surface area contributed by atoms with Gasteiger partial charge < -0.3 is 14.6 Å². The van der Waals surface area contributed by atoms with Crippen LogP contribution in [0.5, 0.6) is 5.75 Å². The summed E-state index contributed by atoms with van der Waals surface area (Å²) in [7, 11) is 2.97. The maximum Gasteiger partial charge on any atom is 0.412 e. The number of hydrogen-bond acceptors (Lipinski definition) is 5. The van der Waals surface area contributed by atoms with Gasteiger partial charge in [0.15, 0.2) is 0 Å². The summed E-state index contributed by atoms with van der Waals surface area (Å²) in [6, 6.07) is 4.78. The third-order valence-electron chi connectivity index (χ3n) is 5.57. The highest BCUT2D eigenvalue weighted by atomic mass is 16.5. The first-order valence-corrected chi connectivity index (χ1v) is 9.13. The summed E-state index contributed by atoms with van der Waals surface area (Å²) in [5.74, 6) is 0.0373. The molecule has 0 radical (unpaired) electrons. The molecule has 146 valence electrons. The fraction of sp³-hybridized carbons (Fsp3) is 0.500. The minimum atomic E-state index is -1.02. The molecular weight excluding hydrogens is 348 g/mol. The van der Waals surface area contributed by atoms with Crippen LogP contribution in [-0.4, -0.2) is 61.5 Å². The summed E-state index contributed by atoms with van der Waals surface area (Å²) in [5, 5.41) is 9.93. The molecule has 0 aliphatic carbocycles. The van der Waals surface area contributed by atoms with Gasteiger partial charge in [-0.05, 0) is 49.6 Å². The Morgan fingerprint density at radius 2 is 2.15 bits per heavy atom. The first-order valence-electron chi connectivity index (χ1n) is 9.13. The van der Waals surface area contributed by atoms with Gasteiger partial charge in [0.05, 0.1) is 31.9 Å². The highest BCUT2D eigenvalue weighted by molar-refractivity contribution is 5.90. The second-order valence-electron chi connectivity index (χ2n) is 6.96. The van der Waals surface area contributed by atoms with E-state index in [1.54, 1.807) is 25.3 Å². The van der Waals surface area contributed by atoms with E-state index in [1.165, 1.54) is 12.0 Å². The molecule has 0 aromatic heterocycles. The number of hydrogen-bond donors (Lipinski definition) is 1. The van der Waals surface area contributed by atoms with Gasteiger partial charge >= 0.3 is 12.1 Å². The number of ether oxygens (including phenoxy) is 2. The highest BCUT2D eigenvalue weighted by Gasteiger charge is 2.47. The molecule has 2 heterocycles. The summed E-state index contributed by atoms with van der Waals surface area (Å²) < 4.78 is 10.3. The molecule has 1 amide bonds. The average molecular weight is 374 g/mol. The molecule has 1 N–H and O–H groups in total. The quantitative estimate of drug-likeness (QED) is 0.630. The Morgan fingerprint density at radius 1 is 1.37 bits per heavy atom. The SMILES string of the molecule is C=CCN1CCCC(C(=O)OC)C1C1Cc2cc(OC)ccc2N1C(=O)O. The number of carboxylic acid groups (broad SMARTS) is 1. The number of carbonyl (C=O) groups excluding carboxylic acids is 1. The Bertz CT molecular complexity index is 735. The third-order valence-corrected chi connectivity index (χ3v) is 5.57. The van der Waals surface area contributed by atoms with Gasteiger partial charge in [-0.15, -0.1) is 6.58 Å². The Balaban J connectivity index is 2.02. The van der Waals surface area contributed by atoms with Gasteiger partial charge in [0.1, 0.15) is 5.75 Å². The molecule has 7 heteroatoms. The van der Waals surface area contributed by atoms with Crippen molar-refractivity contribution in [3.05, 3.63) is 36.4 Å². The fourth-order valence-electron chi connectivity index (χ4n) is 4.49. The van der Waals surface area contributed by atoms with Gasteiger partial charge in [0, 0.05) is 12.6 Å². The number of nitrogens with zero attached hydrogens (tertiary/aromatic N) is 2. The van der Waals surface area contributed by atoms with E-state index in [0.717, 1.165) is 18.5 Å². The minimum absolute atomic E-state index is 0.265. The maximum absolute atomic E-state index is 12.5. The largest absolute Gasteiger partial charge is 0.497 e. The molecular formula is C20H26N2O5. The number of likely N-dealkylation sites (tertiary alicyclic amines) is 1. The number of amides is 1. The molecule has 0 bridgehead atoms. The van der Waals surface area contributed by atoms with E-state index in [4.69, 9.17) is 9.47 Å². The Hall–Kier alpha value is -2.54. The molecule has 1 saturated heterocycles. The molecule has 3 rings (SSSR count). The zero-order valence-corrected chi connectivity index (χ0v) is 15.8. The lowest BCUT2D eigenvalue weighted by atomic mass is 9.83. The van der Waals surface area contributed by atoms with E-state index in [1.807, 2.05) is 6.07 Å². The van der Waals surface area contributed by atoms with Gasteiger partial charge in [-0.3, -0.25) is 14.6 Å². The number of anilines is 1. The first-order chi connectivity index (χ1) is 13.0. The average Bonchev–Trinajstić information content (AvgIpc) is 3.05. The molecule has 0 saturated carbocycles. The van der Waals surface area contributed by atoms with Crippen LogP contribution in [0.2, 0.25) is 0 Å². The lowest BCUT2D eigenvalue weighted by molar-refractivity contribution is -0.150. The van der Waals surface area contributed by atoms with Crippen LogP contribution in [-0.2, 0) is 16.0 Å². The van der Waals surface area contributed by atoms with Crippen LogP contribution >= 0.6 is 0 Å². The van der Waals surface area contributed by atoms with E-state index < -0.39 is 6.09 Å². The van der Waals surface area contributed by atoms with Crippen molar-refractivity contribution >= 4 is 17.7 Å². The second-order valence-corrected chi connectivity index (χ2v) is 6.96. The maximum atomic E-state index is 12.5. The van der Waals surface area contributed by atoms with Gasteiger partial charge in [0.2, 0.25) is 0 Å². The molecule has 1 aromatic carbocycles. The van der Waals surface area contributed by atoms with Gasteiger partial charge in [-0.1, -0.05) is 6.08 Å². The second kappa shape index (κ2) is 8.00. The lowest BCUT2D eigenvalue weighted by Gasteiger charge is -2.44. The van der Waals surface area contributed by atoms with Crippen molar-refractivity contribution in [1.29, 1.82) is 0 Å². The number of rotatable bonds is 5. The molecule has 1 fully saturated rings. The van der Waals surface area contributed by atoms with Crippen LogP contribution < -0.4 is 9.64 Å². The van der Waals surface area contributed by atoms with E-state index in [0.29, 0.717) is 30.8 Å². The third kappa shape index (κ3) is 3.51. The van der Waals surface area contributed by atoms with Crippen LogP contribution in [0.1, 0.15) is 18.4 Å². The van der Waals surface area contributed by atoms with E-state index in [-0.39, 0.29) is 24.0 Å². The van der Waals surface area contributed by atoms with Crippen molar-refractivity contribution in [2.75, 3.05) is 32.2 Å². The Morgan fingerprint density at radius 3 is 2.78 bits per heavy atom. The summed E-state index contributed by atoms with van der Waals surface area (Å²) in [5.41, 5.74) is 1.57. The zero-order chi connectivity index (χ0) is 19.6. The number of esters is 1. The number of benzene rings is 1. The van der Waals surface area contributed by atoms with E-state index >= 15 is 0 Å². The highest BCUT2D eigenvalue weighted by Crippen LogP contribution is 2.40. The van der Waals surface area contributed by atoms with E-state index in [9.17, 15) is 14.7 Å². The number of fused-ring (bicyclic) bond motifs is 1. The molecule has 0 spiro atoms. The molecule has 27 heavy (non-hydrogen) atoms. The predicted octanol–water partition coefficient (Wildman–Crippen LogP) is 2.54. The fourth-order valence-corrected chi connectivity index (χ4v) is 4.49. The van der Waals surface area contributed by atoms with Crippen molar-refractivity contribution in [1.82, 2.24) is 4.90 Å². The van der Waals surface area contributed by atoms with Crippen LogP contribution in [0.4, 0.5) is 10.5 Å². The summed E-state index contributed by atoms with van der Waals surface area (Å²) in [4.78, 5) is 28.1. The number of methoxy groups -OCH3 is 2. The van der Waals surface area contributed by atoms with Crippen LogP contribution in [0.15, 0.2) is 30.9 Å². The minimum Gasteiger partial charge on any atom is -0.497 e. The molecule has 2 aliphatic rings. The standard InChI is InChI=1S/C20H26N2O5/c1-4-9-21-10-5-6-15(19(23)27-3)18(21)17-12-13-11-14(26-2)7-8-16(13)22(17)20(24)25/h4,7-8,11,15,17-18H,1,5-6,9-10,12H2,2-3H3,(H,24,25). The molecule has 3 unspecified atom stereocenters. The van der Waals surface area contributed by atoms with Crippen LogP contribution in [0.25, 0.3) is 0 Å².